The lowest BCUT2D eigenvalue weighted by atomic mass is 10.1. The Labute approximate surface area is 182 Å². The number of hydrogen-bond donors (Lipinski definition) is 0. The predicted octanol–water partition coefficient (Wildman–Crippen LogP) is 3.56. The fourth-order valence-corrected chi connectivity index (χ4v) is 4.95. The molecule has 1 fully saturated rings. The van der Waals surface area contributed by atoms with Crippen molar-refractivity contribution >= 4 is 26.9 Å². The minimum absolute atomic E-state index is 0.0497. The molecule has 4 rings (SSSR count). The van der Waals surface area contributed by atoms with E-state index in [0.29, 0.717) is 27.2 Å². The highest BCUT2D eigenvalue weighted by atomic mass is 32.2. The lowest BCUT2D eigenvalue weighted by Crippen LogP contribution is -2.36. The van der Waals surface area contributed by atoms with E-state index in [1.165, 1.54) is 37.4 Å². The maximum atomic E-state index is 13.4. The van der Waals surface area contributed by atoms with Crippen LogP contribution < -0.4 is 9.47 Å². The number of carbonyl (C=O) groups excluding carboxylic acids is 1. The summed E-state index contributed by atoms with van der Waals surface area (Å²) in [4.78, 5) is 13.5. The van der Waals surface area contributed by atoms with Crippen LogP contribution in [-0.4, -0.2) is 49.6 Å². The summed E-state index contributed by atoms with van der Waals surface area (Å²) in [6.07, 6.45) is -4.28. The van der Waals surface area contributed by atoms with Crippen molar-refractivity contribution in [2.45, 2.75) is 24.0 Å². The van der Waals surface area contributed by atoms with Crippen molar-refractivity contribution in [2.24, 2.45) is 0 Å². The molecule has 11 heteroatoms. The molecule has 0 N–H and O–H groups in total. The van der Waals surface area contributed by atoms with Gasteiger partial charge in [0.15, 0.2) is 0 Å². The standard InChI is InChI=1S/C21H19F3N2O5S/c1-30-15-10-14(13-25-8-5-9-25)17-12-19(31-20(27)21(22,23)24)26(18(17)11-15)32(28,29)16-6-3-2-4-7-16/h2-4,6-7,10-12H,5,8-9,13H2,1H3. The van der Waals surface area contributed by atoms with Gasteiger partial charge in [-0.05, 0) is 43.3 Å². The van der Waals surface area contributed by atoms with Crippen molar-refractivity contribution in [1.82, 2.24) is 8.87 Å². The molecule has 3 aromatic rings. The van der Waals surface area contributed by atoms with Crippen molar-refractivity contribution in [3.05, 3.63) is 54.1 Å². The van der Waals surface area contributed by atoms with E-state index in [4.69, 9.17) is 4.74 Å². The Bertz CT molecular complexity index is 1270. The third-order valence-electron chi connectivity index (χ3n) is 5.19. The van der Waals surface area contributed by atoms with Crippen LogP contribution in [-0.2, 0) is 21.4 Å². The number of nitrogens with zero attached hydrogens (tertiary/aromatic N) is 2. The van der Waals surface area contributed by atoms with E-state index in [1.54, 1.807) is 12.1 Å². The number of fused-ring (bicyclic) bond motifs is 1. The maximum absolute atomic E-state index is 13.4. The fraction of sp³-hybridized carbons (Fsp3) is 0.286. The third-order valence-corrected chi connectivity index (χ3v) is 6.92. The van der Waals surface area contributed by atoms with Gasteiger partial charge >= 0.3 is 12.1 Å². The monoisotopic (exact) mass is 468 g/mol. The van der Waals surface area contributed by atoms with E-state index in [-0.39, 0.29) is 10.4 Å². The van der Waals surface area contributed by atoms with Crippen molar-refractivity contribution in [2.75, 3.05) is 20.2 Å². The first-order chi connectivity index (χ1) is 15.1. The Kier molecular flexibility index (Phi) is 5.63. The molecule has 170 valence electrons. The Morgan fingerprint density at radius 2 is 1.78 bits per heavy atom. The number of alkyl halides is 3. The minimum atomic E-state index is -5.30. The Morgan fingerprint density at radius 1 is 1.09 bits per heavy atom. The van der Waals surface area contributed by atoms with Crippen LogP contribution in [0.2, 0.25) is 0 Å². The molecular formula is C21H19F3N2O5S. The van der Waals surface area contributed by atoms with Crippen LogP contribution in [0.3, 0.4) is 0 Å². The molecule has 0 bridgehead atoms. The summed E-state index contributed by atoms with van der Waals surface area (Å²) in [5.74, 6) is -2.94. The Morgan fingerprint density at radius 3 is 2.34 bits per heavy atom. The van der Waals surface area contributed by atoms with Gasteiger partial charge in [-0.1, -0.05) is 18.2 Å². The molecule has 2 heterocycles. The highest BCUT2D eigenvalue weighted by molar-refractivity contribution is 7.90. The second-order valence-electron chi connectivity index (χ2n) is 7.30. The quantitative estimate of drug-likeness (QED) is 0.515. The lowest BCUT2D eigenvalue weighted by molar-refractivity contribution is -0.190. The average Bonchev–Trinajstić information content (AvgIpc) is 3.09. The summed E-state index contributed by atoms with van der Waals surface area (Å²) < 4.78 is 76.0. The van der Waals surface area contributed by atoms with Crippen LogP contribution in [0.4, 0.5) is 13.2 Å². The molecule has 32 heavy (non-hydrogen) atoms. The number of hydrogen-bond acceptors (Lipinski definition) is 6. The van der Waals surface area contributed by atoms with Crippen molar-refractivity contribution in [1.29, 1.82) is 0 Å². The number of aromatic nitrogens is 1. The number of likely N-dealkylation sites (tertiary alicyclic amines) is 1. The maximum Gasteiger partial charge on any atom is 0.491 e. The average molecular weight is 468 g/mol. The highest BCUT2D eigenvalue weighted by Crippen LogP contribution is 2.37. The van der Waals surface area contributed by atoms with Crippen LogP contribution in [0, 0.1) is 0 Å². The zero-order valence-electron chi connectivity index (χ0n) is 16.9. The van der Waals surface area contributed by atoms with Crippen LogP contribution in [0.25, 0.3) is 10.9 Å². The van der Waals surface area contributed by atoms with Crippen LogP contribution in [0.15, 0.2) is 53.4 Å². The van der Waals surface area contributed by atoms with E-state index < -0.39 is 28.0 Å². The largest absolute Gasteiger partial charge is 0.497 e. The molecular weight excluding hydrogens is 449 g/mol. The van der Waals surface area contributed by atoms with Gasteiger partial charge in [0.05, 0.1) is 17.5 Å². The molecule has 0 saturated carbocycles. The van der Waals surface area contributed by atoms with Gasteiger partial charge in [-0.2, -0.15) is 13.2 Å². The van der Waals surface area contributed by atoms with Gasteiger partial charge in [0.25, 0.3) is 10.0 Å². The summed E-state index contributed by atoms with van der Waals surface area (Å²) in [7, 11) is -3.00. The number of methoxy groups -OCH3 is 1. The molecule has 0 radical (unpaired) electrons. The topological polar surface area (TPSA) is 77.8 Å². The van der Waals surface area contributed by atoms with Crippen LogP contribution in [0.1, 0.15) is 12.0 Å². The highest BCUT2D eigenvalue weighted by Gasteiger charge is 2.42. The van der Waals surface area contributed by atoms with Crippen LogP contribution in [0.5, 0.6) is 11.6 Å². The zero-order chi connectivity index (χ0) is 23.1. The fourth-order valence-electron chi connectivity index (χ4n) is 3.50. The second-order valence-corrected chi connectivity index (χ2v) is 9.09. The van der Waals surface area contributed by atoms with Gasteiger partial charge in [0, 0.05) is 24.1 Å². The van der Waals surface area contributed by atoms with Gasteiger partial charge < -0.3 is 9.47 Å². The van der Waals surface area contributed by atoms with Crippen LogP contribution >= 0.6 is 0 Å². The van der Waals surface area contributed by atoms with Gasteiger partial charge in [-0.25, -0.2) is 17.2 Å². The normalized spacial score (nSPS) is 14.9. The van der Waals surface area contributed by atoms with Gasteiger partial charge in [-0.3, -0.25) is 4.90 Å². The molecule has 7 nitrogen and oxygen atoms in total. The molecule has 0 spiro atoms. The zero-order valence-corrected chi connectivity index (χ0v) is 17.7. The van der Waals surface area contributed by atoms with Crippen molar-refractivity contribution in [3.8, 4) is 11.6 Å². The van der Waals surface area contributed by atoms with Crippen molar-refractivity contribution in [3.63, 3.8) is 0 Å². The van der Waals surface area contributed by atoms with Gasteiger partial charge in [0.1, 0.15) is 5.75 Å². The number of esters is 1. The van der Waals surface area contributed by atoms with E-state index in [9.17, 15) is 26.4 Å². The first-order valence-electron chi connectivity index (χ1n) is 9.65. The molecule has 0 aliphatic carbocycles. The lowest BCUT2D eigenvalue weighted by Gasteiger charge is -2.31. The van der Waals surface area contributed by atoms with E-state index in [2.05, 4.69) is 9.64 Å². The molecule has 1 saturated heterocycles. The number of benzene rings is 2. The molecule has 1 aliphatic heterocycles. The van der Waals surface area contributed by atoms with E-state index in [0.717, 1.165) is 25.6 Å². The van der Waals surface area contributed by atoms with Gasteiger partial charge in [0.2, 0.25) is 5.88 Å². The Hall–Kier alpha value is -3.05. The first kappa shape index (κ1) is 22.2. The summed E-state index contributed by atoms with van der Waals surface area (Å²) in [5.41, 5.74) is 0.694. The van der Waals surface area contributed by atoms with E-state index in [1.807, 2.05) is 0 Å². The SMILES string of the molecule is COc1cc(CN2CCC2)c2cc(OC(=O)C(F)(F)F)n(S(=O)(=O)c3ccccc3)c2c1. The van der Waals surface area contributed by atoms with Gasteiger partial charge in [-0.15, -0.1) is 0 Å². The third kappa shape index (κ3) is 4.05. The number of ether oxygens (including phenoxy) is 2. The molecule has 1 aliphatic rings. The summed E-state index contributed by atoms with van der Waals surface area (Å²) in [5, 5.41) is 0.349. The molecule has 1 aromatic heterocycles. The molecule has 0 unspecified atom stereocenters. The minimum Gasteiger partial charge on any atom is -0.497 e. The second kappa shape index (κ2) is 8.14. The predicted molar refractivity (Wildman–Crippen MR) is 109 cm³/mol. The first-order valence-corrected chi connectivity index (χ1v) is 11.1. The summed E-state index contributed by atoms with van der Waals surface area (Å²) in [6, 6.07) is 11.4. The summed E-state index contributed by atoms with van der Waals surface area (Å²) >= 11 is 0. The van der Waals surface area contributed by atoms with E-state index >= 15 is 0 Å². The summed E-state index contributed by atoms with van der Waals surface area (Å²) in [6.45, 7) is 2.13. The molecule has 0 amide bonds. The smallest absolute Gasteiger partial charge is 0.491 e. The molecule has 0 atom stereocenters. The number of rotatable bonds is 6. The van der Waals surface area contributed by atoms with Crippen molar-refractivity contribution < 1.29 is 35.9 Å². The number of carbonyl (C=O) groups is 1. The number of halogens is 3. The molecule has 2 aromatic carbocycles. The Balaban J connectivity index is 1.96.